The molecule has 6 aromatic carbocycles. The molecule has 3 aliphatic heterocycles. The molecule has 14 rings (SSSR count). The summed E-state index contributed by atoms with van der Waals surface area (Å²) in [4.78, 5) is 115. The van der Waals surface area contributed by atoms with Crippen LogP contribution in [0, 0.1) is 50.2 Å². The Morgan fingerprint density at radius 2 is 0.851 bits per heavy atom. The molecule has 0 bridgehead atoms. The maximum absolute atomic E-state index is 14.9. The normalized spacial score (nSPS) is 33.8. The van der Waals surface area contributed by atoms with Crippen molar-refractivity contribution in [3.63, 3.8) is 0 Å². The average molecular weight is 1560 g/mol. The van der Waals surface area contributed by atoms with Gasteiger partial charge in [-0.3, -0.25) is 14.4 Å². The molecule has 0 amide bonds. The van der Waals surface area contributed by atoms with Gasteiger partial charge >= 0.3 is 47.8 Å². The van der Waals surface area contributed by atoms with Crippen molar-refractivity contribution < 1.29 is 105 Å². The second-order valence-corrected chi connectivity index (χ2v) is 34.2. The monoisotopic (exact) mass is 1560 g/mol. The van der Waals surface area contributed by atoms with E-state index in [1.807, 2.05) is 30.3 Å². The standard InChI is InChI=1S/C92H104O22/c1-55-71(105-56(2)93)74(113-84-75(112-82(99)63-39-27-16-28-40-63)72(110-80(97)61-35-23-14-24-36-61)66(54-102-84)107-78(95)59-31-19-12-20-32-59)77(106-57(3)94)85(104-55)114-76-73(111-81(98)62-37-25-15-26-38-62)67(108-79(96)60-33-21-13-22-34-60)53-101-83(76)109-70-44-45-89(8)68(88(70,6)7)43-46-91(10)69(89)42-41-64-65-51-87(4,5)47-49-92(65,50-48-90(64,91)9)86(100)103-52-58-29-17-11-18-30-58/h11-41,55,65-77,83-85H,42-54H2,1-10H3/t55-,65-,66+,67+,68-,69+,70-,71-,72-,73-,74+,75+,76+,77+,83-,84-,85-,89-,90+,91+,92-/m0/s1. The molecule has 5 aliphatic carbocycles. The number of allylic oxidation sites excluding steroid dienone is 2. The van der Waals surface area contributed by atoms with Crippen molar-refractivity contribution in [2.24, 2.45) is 50.2 Å². The van der Waals surface area contributed by atoms with Gasteiger partial charge in [0, 0.05) is 13.8 Å². The fourth-order valence-electron chi connectivity index (χ4n) is 20.4. The van der Waals surface area contributed by atoms with E-state index in [0.717, 1.165) is 77.2 Å². The minimum absolute atomic E-state index is 0.0249. The Balaban J connectivity index is 0.811. The molecule has 4 saturated carbocycles. The van der Waals surface area contributed by atoms with Crippen molar-refractivity contribution in [1.29, 1.82) is 0 Å². The molecule has 21 atom stereocenters. The molecule has 8 aliphatic rings. The van der Waals surface area contributed by atoms with E-state index in [2.05, 4.69) is 54.5 Å². The summed E-state index contributed by atoms with van der Waals surface area (Å²) in [6, 6.07) is 50.3. The molecule has 0 N–H and O–H groups in total. The lowest BCUT2D eigenvalue weighted by Gasteiger charge is -2.71. The van der Waals surface area contributed by atoms with Gasteiger partial charge in [0.2, 0.25) is 0 Å². The molecule has 3 heterocycles. The molecule has 0 spiro atoms. The zero-order chi connectivity index (χ0) is 80.5. The van der Waals surface area contributed by atoms with Gasteiger partial charge < -0.3 is 66.3 Å². The molecule has 0 radical (unpaired) electrons. The number of rotatable bonds is 21. The molecule has 6 aromatic rings. The van der Waals surface area contributed by atoms with Crippen LogP contribution in [-0.2, 0) is 87.3 Å². The number of carbonyl (C=O) groups excluding carboxylic acids is 8. The van der Waals surface area contributed by atoms with Crippen molar-refractivity contribution in [3.05, 3.63) is 227 Å². The lowest BCUT2D eigenvalue weighted by atomic mass is 9.33. The van der Waals surface area contributed by atoms with Crippen molar-refractivity contribution in [2.75, 3.05) is 13.2 Å². The molecule has 3 saturated heterocycles. The minimum Gasteiger partial charge on any atom is -0.460 e. The maximum Gasteiger partial charge on any atom is 0.338 e. The van der Waals surface area contributed by atoms with Crippen LogP contribution in [0.25, 0.3) is 0 Å². The second kappa shape index (κ2) is 33.4. The van der Waals surface area contributed by atoms with Crippen molar-refractivity contribution >= 4 is 47.8 Å². The summed E-state index contributed by atoms with van der Waals surface area (Å²) in [5.41, 5.74) is 1.17. The smallest absolute Gasteiger partial charge is 0.338 e. The first-order chi connectivity index (χ1) is 54.6. The Kier molecular flexibility index (Phi) is 23.8. The van der Waals surface area contributed by atoms with E-state index in [-0.39, 0.29) is 86.4 Å². The fraction of sp³-hybridized carbons (Fsp3) is 0.500. The van der Waals surface area contributed by atoms with Gasteiger partial charge in [-0.15, -0.1) is 0 Å². The topological polar surface area (TPSA) is 266 Å². The van der Waals surface area contributed by atoms with Gasteiger partial charge in [-0.05, 0) is 182 Å². The van der Waals surface area contributed by atoms with Crippen LogP contribution in [0.5, 0.6) is 0 Å². The molecule has 114 heavy (non-hydrogen) atoms. The van der Waals surface area contributed by atoms with Crippen LogP contribution >= 0.6 is 0 Å². The lowest BCUT2D eigenvalue weighted by molar-refractivity contribution is -0.377. The first-order valence-electron chi connectivity index (χ1n) is 40.0. The molecule has 0 aromatic heterocycles. The van der Waals surface area contributed by atoms with Gasteiger partial charge in [0.25, 0.3) is 0 Å². The van der Waals surface area contributed by atoms with Crippen LogP contribution < -0.4 is 0 Å². The zero-order valence-corrected chi connectivity index (χ0v) is 66.4. The zero-order valence-electron chi connectivity index (χ0n) is 66.4. The third-order valence-electron chi connectivity index (χ3n) is 26.5. The van der Waals surface area contributed by atoms with Crippen LogP contribution in [0.15, 0.2) is 194 Å². The first-order valence-corrected chi connectivity index (χ1v) is 40.0. The second-order valence-electron chi connectivity index (χ2n) is 34.2. The van der Waals surface area contributed by atoms with Crippen molar-refractivity contribution in [1.82, 2.24) is 0 Å². The molecular formula is C92H104O22. The van der Waals surface area contributed by atoms with Gasteiger partial charge in [0.1, 0.15) is 12.7 Å². The highest BCUT2D eigenvalue weighted by Gasteiger charge is 2.70. The van der Waals surface area contributed by atoms with E-state index < -0.39 is 145 Å². The summed E-state index contributed by atoms with van der Waals surface area (Å²) in [5.74, 6) is -5.80. The highest BCUT2D eigenvalue weighted by atomic mass is 16.8. The maximum atomic E-state index is 14.9. The Bertz CT molecular complexity index is 4460. The highest BCUT2D eigenvalue weighted by molar-refractivity contribution is 5.92. The van der Waals surface area contributed by atoms with Crippen molar-refractivity contribution in [3.8, 4) is 0 Å². The van der Waals surface area contributed by atoms with Gasteiger partial charge in [0.15, 0.2) is 67.7 Å². The summed E-state index contributed by atoms with van der Waals surface area (Å²) in [5, 5.41) is 0. The first kappa shape index (κ1) is 81.2. The molecule has 22 heteroatoms. The van der Waals surface area contributed by atoms with E-state index in [0.29, 0.717) is 6.42 Å². The number of ether oxygens (including phenoxy) is 14. The third-order valence-corrected chi connectivity index (χ3v) is 26.5. The highest BCUT2D eigenvalue weighted by Crippen LogP contribution is 2.76. The van der Waals surface area contributed by atoms with Crippen LogP contribution in [-0.4, -0.2) is 147 Å². The van der Waals surface area contributed by atoms with Crippen LogP contribution in [0.3, 0.4) is 0 Å². The van der Waals surface area contributed by atoms with Crippen LogP contribution in [0.4, 0.5) is 0 Å². The fourth-order valence-corrected chi connectivity index (χ4v) is 20.4. The Labute approximate surface area is 665 Å². The quantitative estimate of drug-likeness (QED) is 0.0280. The van der Waals surface area contributed by atoms with E-state index in [1.165, 1.54) is 42.0 Å². The number of esters is 8. The number of carbonyl (C=O) groups is 8. The average Bonchev–Trinajstić information content (AvgIpc) is 0.674. The molecule has 7 fully saturated rings. The van der Waals surface area contributed by atoms with Crippen molar-refractivity contribution in [2.45, 2.75) is 226 Å². The van der Waals surface area contributed by atoms with E-state index in [9.17, 15) is 38.4 Å². The van der Waals surface area contributed by atoms with Crippen LogP contribution in [0.1, 0.15) is 191 Å². The lowest BCUT2D eigenvalue weighted by Crippen LogP contribution is -2.67. The molecule has 604 valence electrons. The van der Waals surface area contributed by atoms with Crippen LogP contribution in [0.2, 0.25) is 0 Å². The summed E-state index contributed by atoms with van der Waals surface area (Å²) in [7, 11) is 0. The number of hydrogen-bond acceptors (Lipinski definition) is 22. The van der Waals surface area contributed by atoms with E-state index in [1.54, 1.807) is 122 Å². The number of benzene rings is 6. The van der Waals surface area contributed by atoms with Gasteiger partial charge in [-0.2, -0.15) is 0 Å². The van der Waals surface area contributed by atoms with E-state index in [4.69, 9.17) is 66.3 Å². The van der Waals surface area contributed by atoms with E-state index >= 15 is 0 Å². The van der Waals surface area contributed by atoms with Gasteiger partial charge in [-0.25, -0.2) is 24.0 Å². The largest absolute Gasteiger partial charge is 0.460 e. The number of fused-ring (bicyclic) bond motifs is 7. The Morgan fingerprint density at radius 3 is 1.35 bits per heavy atom. The Hall–Kier alpha value is -9.42. The summed E-state index contributed by atoms with van der Waals surface area (Å²) < 4.78 is 92.5. The summed E-state index contributed by atoms with van der Waals surface area (Å²) in [6.45, 7) is 19.8. The predicted molar refractivity (Wildman–Crippen MR) is 413 cm³/mol. The van der Waals surface area contributed by atoms with Gasteiger partial charge in [0.05, 0.1) is 58.7 Å². The summed E-state index contributed by atoms with van der Waals surface area (Å²) in [6.07, 6.45) is -11.2. The molecule has 22 nitrogen and oxygen atoms in total. The SMILES string of the molecule is CC(=O)O[C@@H]1[C@@H](O[C@@H]2OC[C@@H](OC(=O)c3ccccc3)[C@H](OC(=O)c3ccccc3)[C@H]2OC(=O)c2ccccc2)[C@@H](OC(C)=O)[C@H](O[C@H]2[C@H](O[C@H]3CC[C@]4(C)[C@H]5CC=C6[C@@H]7CC(C)(C)CC[C@]7(C(=O)OCc7ccccc7)CC[C@@]6(C)[C@]5(C)CC[C@H]4C3(C)C)OC[C@@H](OC(=O)c3ccccc3)[C@@H]2OC(=O)c2ccccc2)O[C@H]1C. The molecule has 0 unspecified atom stereocenters. The third kappa shape index (κ3) is 16.3. The van der Waals surface area contributed by atoms with Gasteiger partial charge in [-0.1, -0.05) is 181 Å². The minimum atomic E-state index is -1.86. The number of hydrogen-bond donors (Lipinski definition) is 0. The summed E-state index contributed by atoms with van der Waals surface area (Å²) >= 11 is 0. The predicted octanol–water partition coefficient (Wildman–Crippen LogP) is 15.1. The molecular weight excluding hydrogens is 1460 g/mol. The Morgan fingerprint density at radius 1 is 0.421 bits per heavy atom.